The van der Waals surface area contributed by atoms with Crippen molar-refractivity contribution in [2.75, 3.05) is 11.9 Å². The van der Waals surface area contributed by atoms with E-state index in [4.69, 9.17) is 16.3 Å². The summed E-state index contributed by atoms with van der Waals surface area (Å²) in [5.41, 5.74) is 3.30. The summed E-state index contributed by atoms with van der Waals surface area (Å²) >= 11 is 7.57. The lowest BCUT2D eigenvalue weighted by Crippen LogP contribution is -2.05. The Labute approximate surface area is 171 Å². The number of hydrogen-bond acceptors (Lipinski definition) is 6. The van der Waals surface area contributed by atoms with Crippen LogP contribution >= 0.6 is 22.9 Å². The average molecular weight is 410 g/mol. The van der Waals surface area contributed by atoms with E-state index in [1.54, 1.807) is 36.5 Å². The molecule has 0 atom stereocenters. The normalized spacial score (nSPS) is 10.8. The molecule has 4 aromatic rings. The molecule has 0 spiro atoms. The zero-order valence-electron chi connectivity index (χ0n) is 15.0. The van der Waals surface area contributed by atoms with Gasteiger partial charge in [-0.25, -0.2) is 14.8 Å². The van der Waals surface area contributed by atoms with Crippen molar-refractivity contribution in [1.29, 1.82) is 0 Å². The summed E-state index contributed by atoms with van der Waals surface area (Å²) in [7, 11) is 0. The molecular weight excluding hydrogens is 394 g/mol. The summed E-state index contributed by atoms with van der Waals surface area (Å²) in [4.78, 5) is 21.7. The molecule has 2 aromatic carbocycles. The number of benzene rings is 2. The number of anilines is 2. The van der Waals surface area contributed by atoms with E-state index in [-0.39, 0.29) is 5.97 Å². The van der Waals surface area contributed by atoms with Crippen molar-refractivity contribution in [2.24, 2.45) is 0 Å². The zero-order chi connectivity index (χ0) is 19.5. The maximum atomic E-state index is 12.0. The van der Waals surface area contributed by atoms with Gasteiger partial charge in [-0.2, -0.15) is 0 Å². The van der Waals surface area contributed by atoms with Crippen LogP contribution in [0.1, 0.15) is 17.3 Å². The highest BCUT2D eigenvalue weighted by molar-refractivity contribution is 7.17. The molecule has 0 unspecified atom stereocenters. The molecule has 0 amide bonds. The summed E-state index contributed by atoms with van der Waals surface area (Å²) in [5.74, 6) is 0.327. The van der Waals surface area contributed by atoms with Crippen LogP contribution in [0.15, 0.2) is 60.2 Å². The SMILES string of the molecule is CCOC(=O)c1cccc(Nc2ncnc3scc(-c4ccc(Cl)cc4)c23)c1. The first-order valence-electron chi connectivity index (χ1n) is 8.68. The summed E-state index contributed by atoms with van der Waals surface area (Å²) < 4.78 is 5.08. The molecule has 7 heteroatoms. The molecule has 0 saturated carbocycles. The van der Waals surface area contributed by atoms with Gasteiger partial charge in [-0.15, -0.1) is 11.3 Å². The van der Waals surface area contributed by atoms with Crippen LogP contribution in [0, 0.1) is 0 Å². The van der Waals surface area contributed by atoms with Gasteiger partial charge in [0.2, 0.25) is 0 Å². The number of nitrogens with one attached hydrogen (secondary N) is 1. The Bertz CT molecular complexity index is 1140. The molecule has 0 aliphatic rings. The van der Waals surface area contributed by atoms with Crippen LogP contribution in [-0.2, 0) is 4.74 Å². The summed E-state index contributed by atoms with van der Waals surface area (Å²) in [6, 6.07) is 14.8. The Hall–Kier alpha value is -2.96. The number of fused-ring (bicyclic) bond motifs is 1. The van der Waals surface area contributed by atoms with Crippen LogP contribution in [-0.4, -0.2) is 22.5 Å². The number of nitrogens with zero attached hydrogens (tertiary/aromatic N) is 2. The monoisotopic (exact) mass is 409 g/mol. The largest absolute Gasteiger partial charge is 0.462 e. The van der Waals surface area contributed by atoms with Gasteiger partial charge in [0.1, 0.15) is 17.0 Å². The smallest absolute Gasteiger partial charge is 0.338 e. The van der Waals surface area contributed by atoms with Gasteiger partial charge in [0.25, 0.3) is 0 Å². The molecular formula is C21H16ClN3O2S. The van der Waals surface area contributed by atoms with E-state index < -0.39 is 0 Å². The first-order chi connectivity index (χ1) is 13.7. The fourth-order valence-corrected chi connectivity index (χ4v) is 3.93. The first-order valence-corrected chi connectivity index (χ1v) is 9.94. The number of rotatable bonds is 5. The average Bonchev–Trinajstić information content (AvgIpc) is 3.14. The van der Waals surface area contributed by atoms with Crippen LogP contribution < -0.4 is 5.32 Å². The number of carbonyl (C=O) groups excluding carboxylic acids is 1. The number of halogens is 1. The molecule has 0 bridgehead atoms. The second kappa shape index (κ2) is 7.96. The molecule has 0 aliphatic carbocycles. The van der Waals surface area contributed by atoms with Gasteiger partial charge >= 0.3 is 5.97 Å². The lowest BCUT2D eigenvalue weighted by molar-refractivity contribution is 0.0526. The lowest BCUT2D eigenvalue weighted by Gasteiger charge is -2.10. The van der Waals surface area contributed by atoms with Gasteiger partial charge in [-0.05, 0) is 42.8 Å². The Balaban J connectivity index is 1.74. The van der Waals surface area contributed by atoms with E-state index in [1.165, 1.54) is 6.33 Å². The Morgan fingerprint density at radius 1 is 1.18 bits per heavy atom. The highest BCUT2D eigenvalue weighted by atomic mass is 35.5. The molecule has 1 N–H and O–H groups in total. The van der Waals surface area contributed by atoms with Crippen LogP contribution in [0.5, 0.6) is 0 Å². The third-order valence-electron chi connectivity index (χ3n) is 4.16. The number of esters is 1. The van der Waals surface area contributed by atoms with Crippen LogP contribution in [0.3, 0.4) is 0 Å². The molecule has 0 radical (unpaired) electrons. The van der Waals surface area contributed by atoms with Crippen molar-refractivity contribution in [3.8, 4) is 11.1 Å². The van der Waals surface area contributed by atoms with Gasteiger partial charge in [0.05, 0.1) is 17.6 Å². The highest BCUT2D eigenvalue weighted by Gasteiger charge is 2.14. The maximum Gasteiger partial charge on any atom is 0.338 e. The van der Waals surface area contributed by atoms with E-state index in [1.807, 2.05) is 30.3 Å². The third-order valence-corrected chi connectivity index (χ3v) is 5.30. The van der Waals surface area contributed by atoms with E-state index >= 15 is 0 Å². The van der Waals surface area contributed by atoms with Crippen molar-refractivity contribution in [1.82, 2.24) is 9.97 Å². The highest BCUT2D eigenvalue weighted by Crippen LogP contribution is 2.37. The van der Waals surface area contributed by atoms with E-state index in [2.05, 4.69) is 20.7 Å². The first kappa shape index (κ1) is 18.4. The van der Waals surface area contributed by atoms with E-state index in [9.17, 15) is 4.79 Å². The number of aromatic nitrogens is 2. The van der Waals surface area contributed by atoms with Crippen molar-refractivity contribution >= 4 is 50.6 Å². The molecule has 2 aromatic heterocycles. The van der Waals surface area contributed by atoms with Crippen molar-refractivity contribution in [3.63, 3.8) is 0 Å². The molecule has 0 saturated heterocycles. The summed E-state index contributed by atoms with van der Waals surface area (Å²) in [6.07, 6.45) is 1.53. The van der Waals surface area contributed by atoms with Crippen LogP contribution in [0.2, 0.25) is 5.02 Å². The van der Waals surface area contributed by atoms with Crippen molar-refractivity contribution in [3.05, 3.63) is 70.8 Å². The number of hydrogen-bond donors (Lipinski definition) is 1. The van der Waals surface area contributed by atoms with Crippen LogP contribution in [0.4, 0.5) is 11.5 Å². The summed E-state index contributed by atoms with van der Waals surface area (Å²) in [5, 5.41) is 6.99. The van der Waals surface area contributed by atoms with E-state index in [0.717, 1.165) is 27.0 Å². The van der Waals surface area contributed by atoms with Gasteiger partial charge in [0.15, 0.2) is 0 Å². The Morgan fingerprint density at radius 2 is 2.00 bits per heavy atom. The summed E-state index contributed by atoms with van der Waals surface area (Å²) in [6.45, 7) is 2.12. The number of ether oxygens (including phenoxy) is 1. The lowest BCUT2D eigenvalue weighted by atomic mass is 10.1. The quantitative estimate of drug-likeness (QED) is 0.414. The molecule has 4 rings (SSSR count). The Kier molecular flexibility index (Phi) is 5.23. The van der Waals surface area contributed by atoms with Crippen molar-refractivity contribution < 1.29 is 9.53 Å². The number of carbonyl (C=O) groups is 1. The number of thiophene rings is 1. The molecule has 140 valence electrons. The minimum Gasteiger partial charge on any atom is -0.462 e. The predicted molar refractivity (Wildman–Crippen MR) is 114 cm³/mol. The molecule has 0 aliphatic heterocycles. The molecule has 2 heterocycles. The fraction of sp³-hybridized carbons (Fsp3) is 0.0952. The third kappa shape index (κ3) is 3.69. The second-order valence-electron chi connectivity index (χ2n) is 5.98. The van der Waals surface area contributed by atoms with E-state index in [0.29, 0.717) is 23.0 Å². The topological polar surface area (TPSA) is 64.1 Å². The van der Waals surface area contributed by atoms with Gasteiger partial charge in [-0.1, -0.05) is 29.8 Å². The Morgan fingerprint density at radius 3 is 2.79 bits per heavy atom. The van der Waals surface area contributed by atoms with Gasteiger partial charge in [-0.3, -0.25) is 0 Å². The minimum absolute atomic E-state index is 0.336. The maximum absolute atomic E-state index is 12.0. The molecule has 5 nitrogen and oxygen atoms in total. The second-order valence-corrected chi connectivity index (χ2v) is 7.28. The van der Waals surface area contributed by atoms with Gasteiger partial charge < -0.3 is 10.1 Å². The minimum atomic E-state index is -0.351. The molecule has 28 heavy (non-hydrogen) atoms. The fourth-order valence-electron chi connectivity index (χ4n) is 2.89. The van der Waals surface area contributed by atoms with Crippen LogP contribution in [0.25, 0.3) is 21.3 Å². The molecule has 0 fully saturated rings. The van der Waals surface area contributed by atoms with Crippen molar-refractivity contribution in [2.45, 2.75) is 6.92 Å². The predicted octanol–water partition coefficient (Wildman–Crippen LogP) is 5.93. The standard InChI is InChI=1S/C21H16ClN3O2S/c1-2-27-21(26)14-4-3-5-16(10-14)25-19-18-17(11-28-20(18)24-12-23-19)13-6-8-15(22)9-7-13/h3-12H,2H2,1H3,(H,23,24,25). The van der Waals surface area contributed by atoms with Gasteiger partial charge in [0, 0.05) is 21.7 Å². The zero-order valence-corrected chi connectivity index (χ0v) is 16.6.